The third-order valence-corrected chi connectivity index (χ3v) is 5.44. The number of alkyl halides is 6. The highest BCUT2D eigenvalue weighted by molar-refractivity contribution is 5.78. The second-order valence-electron chi connectivity index (χ2n) is 7.64. The Labute approximate surface area is 192 Å². The van der Waals surface area contributed by atoms with Crippen molar-refractivity contribution in [2.75, 3.05) is 0 Å². The first-order valence-electron chi connectivity index (χ1n) is 10.0. The molecule has 1 atom stereocenters. The average Bonchev–Trinajstić information content (AvgIpc) is 3.26. The summed E-state index contributed by atoms with van der Waals surface area (Å²) < 4.78 is 82.8. The van der Waals surface area contributed by atoms with Crippen LogP contribution in [0.25, 0.3) is 16.8 Å². The van der Waals surface area contributed by atoms with Crippen molar-refractivity contribution >= 4 is 11.6 Å². The molecule has 0 aliphatic rings. The number of halogens is 6. The largest absolute Gasteiger partial charge is 0.490 e. The summed E-state index contributed by atoms with van der Waals surface area (Å²) in [5.74, 6) is -3.25. The number of hydrogen-bond donors (Lipinski definition) is 1. The van der Waals surface area contributed by atoms with Crippen LogP contribution in [0, 0.1) is 0 Å². The fraction of sp³-hybridized carbons (Fsp3) is 0.174. The van der Waals surface area contributed by atoms with Gasteiger partial charge in [0.05, 0.1) is 17.7 Å². The predicted octanol–water partition coefficient (Wildman–Crippen LogP) is 5.07. The number of aromatic nitrogens is 3. The Morgan fingerprint density at radius 3 is 2.26 bits per heavy atom. The maximum Gasteiger partial charge on any atom is 0.490 e. The van der Waals surface area contributed by atoms with Gasteiger partial charge in [-0.05, 0) is 28.8 Å². The van der Waals surface area contributed by atoms with Crippen LogP contribution in [0.2, 0.25) is 0 Å². The van der Waals surface area contributed by atoms with Crippen molar-refractivity contribution in [3.63, 3.8) is 0 Å². The van der Waals surface area contributed by atoms with Crippen molar-refractivity contribution in [1.29, 1.82) is 0 Å². The maximum atomic E-state index is 13.9. The molecule has 182 valence electrons. The van der Waals surface area contributed by atoms with Gasteiger partial charge in [-0.25, -0.2) is 4.57 Å². The molecule has 1 N–H and O–H groups in total. The van der Waals surface area contributed by atoms with Crippen LogP contribution in [0.1, 0.15) is 22.7 Å². The van der Waals surface area contributed by atoms with Crippen LogP contribution in [0.15, 0.2) is 71.7 Å². The summed E-state index contributed by atoms with van der Waals surface area (Å²) in [6.45, 7) is 0. The van der Waals surface area contributed by atoms with Crippen molar-refractivity contribution in [3.8, 4) is 11.1 Å². The minimum absolute atomic E-state index is 0.152. The minimum Gasteiger partial charge on any atom is -0.481 e. The standard InChI is InChI=1S/C23H15F6N3O3/c24-22(25,26)18-7-6-14(10-16(18)13-4-2-1-3-5-13)17(21(34)35)11-15-12-20(33)32-19(8-9-30-32)31(15)23(27,28)29/h1-10,12,17H,11H2,(H,34,35). The molecule has 6 nitrogen and oxygen atoms in total. The van der Waals surface area contributed by atoms with Gasteiger partial charge in [0, 0.05) is 24.2 Å². The summed E-state index contributed by atoms with van der Waals surface area (Å²) in [5, 5.41) is 13.4. The fourth-order valence-electron chi connectivity index (χ4n) is 3.93. The number of rotatable bonds is 5. The molecule has 2 aromatic heterocycles. The molecule has 0 saturated carbocycles. The number of carboxylic acids is 1. The Hall–Kier alpha value is -4.09. The summed E-state index contributed by atoms with van der Waals surface area (Å²) in [6.07, 6.45) is -9.61. The Morgan fingerprint density at radius 2 is 1.66 bits per heavy atom. The van der Waals surface area contributed by atoms with E-state index >= 15 is 0 Å². The lowest BCUT2D eigenvalue weighted by Crippen LogP contribution is -2.30. The van der Waals surface area contributed by atoms with E-state index in [4.69, 9.17) is 0 Å². The molecule has 2 heterocycles. The van der Waals surface area contributed by atoms with Gasteiger partial charge in [-0.2, -0.15) is 22.8 Å². The quantitative estimate of drug-likeness (QED) is 0.393. The molecule has 1 unspecified atom stereocenters. The lowest BCUT2D eigenvalue weighted by Gasteiger charge is -2.21. The van der Waals surface area contributed by atoms with Gasteiger partial charge in [-0.15, -0.1) is 13.2 Å². The van der Waals surface area contributed by atoms with Crippen LogP contribution >= 0.6 is 0 Å². The van der Waals surface area contributed by atoms with E-state index in [0.29, 0.717) is 16.6 Å². The normalized spacial score (nSPS) is 13.2. The molecule has 35 heavy (non-hydrogen) atoms. The third-order valence-electron chi connectivity index (χ3n) is 5.44. The Morgan fingerprint density at radius 1 is 0.971 bits per heavy atom. The summed E-state index contributed by atoms with van der Waals surface area (Å²) in [5.41, 5.74) is -3.56. The number of aliphatic carboxylic acids is 1. The zero-order valence-electron chi connectivity index (χ0n) is 17.5. The molecule has 0 aliphatic carbocycles. The van der Waals surface area contributed by atoms with Gasteiger partial charge in [0.2, 0.25) is 0 Å². The summed E-state index contributed by atoms with van der Waals surface area (Å²) >= 11 is 0. The smallest absolute Gasteiger partial charge is 0.481 e. The fourth-order valence-corrected chi connectivity index (χ4v) is 3.93. The lowest BCUT2D eigenvalue weighted by atomic mass is 9.89. The molecule has 0 spiro atoms. The van der Waals surface area contributed by atoms with Gasteiger partial charge in [0.25, 0.3) is 5.56 Å². The zero-order chi connectivity index (χ0) is 25.5. The van der Waals surface area contributed by atoms with Crippen molar-refractivity contribution < 1.29 is 36.2 Å². The van der Waals surface area contributed by atoms with Gasteiger partial charge in [-0.3, -0.25) is 9.59 Å². The molecule has 0 bridgehead atoms. The number of carboxylic acid groups (broad SMARTS) is 1. The van der Waals surface area contributed by atoms with Crippen LogP contribution < -0.4 is 5.56 Å². The summed E-state index contributed by atoms with van der Waals surface area (Å²) in [6, 6.07) is 11.6. The Balaban J connectivity index is 1.88. The summed E-state index contributed by atoms with van der Waals surface area (Å²) in [4.78, 5) is 24.4. The number of fused-ring (bicyclic) bond motifs is 1. The first-order chi connectivity index (χ1) is 16.4. The molecule has 0 aliphatic heterocycles. The maximum absolute atomic E-state index is 13.9. The van der Waals surface area contributed by atoms with Crippen molar-refractivity contribution in [3.05, 3.63) is 94.0 Å². The highest BCUT2D eigenvalue weighted by Gasteiger charge is 2.37. The van der Waals surface area contributed by atoms with E-state index in [9.17, 15) is 41.0 Å². The number of benzene rings is 2. The zero-order valence-corrected chi connectivity index (χ0v) is 17.5. The van der Waals surface area contributed by atoms with Crippen LogP contribution in [0.3, 0.4) is 0 Å². The molecule has 12 heteroatoms. The van der Waals surface area contributed by atoms with E-state index in [1.807, 2.05) is 0 Å². The minimum atomic E-state index is -5.03. The Bertz CT molecular complexity index is 1460. The van der Waals surface area contributed by atoms with Crippen LogP contribution in [0.5, 0.6) is 0 Å². The highest BCUT2D eigenvalue weighted by Crippen LogP contribution is 2.39. The van der Waals surface area contributed by atoms with Crippen LogP contribution in [-0.4, -0.2) is 25.3 Å². The topological polar surface area (TPSA) is 76.6 Å². The molecule has 0 fully saturated rings. The van der Waals surface area contributed by atoms with Crippen LogP contribution in [0.4, 0.5) is 26.3 Å². The van der Waals surface area contributed by atoms with E-state index in [-0.39, 0.29) is 21.3 Å². The molecular weight excluding hydrogens is 480 g/mol. The second kappa shape index (κ2) is 8.60. The van der Waals surface area contributed by atoms with E-state index in [2.05, 4.69) is 5.10 Å². The van der Waals surface area contributed by atoms with Gasteiger partial charge in [0.1, 0.15) is 5.65 Å². The van der Waals surface area contributed by atoms with Crippen molar-refractivity contribution in [1.82, 2.24) is 14.2 Å². The molecule has 0 amide bonds. The molecule has 0 radical (unpaired) electrons. The summed E-state index contributed by atoms with van der Waals surface area (Å²) in [7, 11) is 0. The molecule has 2 aromatic carbocycles. The molecule has 0 saturated heterocycles. The molecule has 4 rings (SSSR count). The van der Waals surface area contributed by atoms with Crippen molar-refractivity contribution in [2.45, 2.75) is 24.8 Å². The average molecular weight is 495 g/mol. The Kier molecular flexibility index (Phi) is 5.91. The molecule has 4 aromatic rings. The van der Waals surface area contributed by atoms with E-state index in [1.165, 1.54) is 24.3 Å². The first-order valence-corrected chi connectivity index (χ1v) is 10.0. The third kappa shape index (κ3) is 4.63. The van der Waals surface area contributed by atoms with Gasteiger partial charge < -0.3 is 5.11 Å². The van der Waals surface area contributed by atoms with E-state index in [0.717, 1.165) is 24.4 Å². The van der Waals surface area contributed by atoms with E-state index < -0.39 is 53.2 Å². The number of nitrogens with zero attached hydrogens (tertiary/aromatic N) is 3. The second-order valence-corrected chi connectivity index (χ2v) is 7.64. The predicted molar refractivity (Wildman–Crippen MR) is 112 cm³/mol. The monoisotopic (exact) mass is 495 g/mol. The molecular formula is C23H15F6N3O3. The van der Waals surface area contributed by atoms with Crippen molar-refractivity contribution in [2.24, 2.45) is 0 Å². The van der Waals surface area contributed by atoms with Gasteiger partial charge in [0.15, 0.2) is 0 Å². The van der Waals surface area contributed by atoms with E-state index in [1.54, 1.807) is 6.07 Å². The lowest BCUT2D eigenvalue weighted by molar-refractivity contribution is -0.203. The first kappa shape index (κ1) is 24.0. The number of hydrogen-bond acceptors (Lipinski definition) is 3. The van der Waals surface area contributed by atoms with Gasteiger partial charge in [-0.1, -0.05) is 36.4 Å². The van der Waals surface area contributed by atoms with Gasteiger partial charge >= 0.3 is 18.4 Å². The SMILES string of the molecule is O=C(O)C(Cc1cc(=O)n2nccc2n1C(F)(F)F)c1ccc(C(F)(F)F)c(-c2ccccc2)c1. The number of carbonyl (C=O) groups is 1. The highest BCUT2D eigenvalue weighted by atomic mass is 19.4. The van der Waals surface area contributed by atoms with Crippen LogP contribution in [-0.2, 0) is 23.7 Å².